The molecule has 1 aromatic carbocycles. The van der Waals surface area contributed by atoms with Crippen molar-refractivity contribution in [1.82, 2.24) is 9.78 Å². The maximum atomic E-state index is 12.3. The molecule has 0 saturated carbocycles. The molecule has 0 bridgehead atoms. The summed E-state index contributed by atoms with van der Waals surface area (Å²) in [5.74, 6) is -0.00190. The highest BCUT2D eigenvalue weighted by Crippen LogP contribution is 2.26. The van der Waals surface area contributed by atoms with Gasteiger partial charge < -0.3 is 20.2 Å². The first-order chi connectivity index (χ1) is 13.4. The van der Waals surface area contributed by atoms with Gasteiger partial charge in [0, 0.05) is 31.0 Å². The lowest BCUT2D eigenvalue weighted by molar-refractivity contribution is 0.0904. The van der Waals surface area contributed by atoms with Crippen molar-refractivity contribution in [3.05, 3.63) is 51.5 Å². The number of aromatic nitrogens is 2. The number of rotatable bonds is 4. The Morgan fingerprint density at radius 3 is 2.71 bits per heavy atom. The van der Waals surface area contributed by atoms with Crippen molar-refractivity contribution in [2.24, 2.45) is 5.73 Å². The Morgan fingerprint density at radius 1 is 1.25 bits per heavy atom. The van der Waals surface area contributed by atoms with Crippen molar-refractivity contribution in [1.29, 1.82) is 0 Å². The Kier molecular flexibility index (Phi) is 4.64. The van der Waals surface area contributed by atoms with E-state index in [1.165, 1.54) is 6.07 Å². The highest BCUT2D eigenvalue weighted by Gasteiger charge is 2.20. The lowest BCUT2D eigenvalue weighted by atomic mass is 10.1. The minimum Gasteiger partial charge on any atom is -0.443 e. The molecular weight excluding hydrogens is 360 g/mol. The number of hydrogen-bond donors (Lipinski definition) is 2. The van der Waals surface area contributed by atoms with Crippen LogP contribution in [-0.2, 0) is 4.74 Å². The Bertz CT molecular complexity index is 1110. The molecule has 146 valence electrons. The molecule has 3 aromatic rings. The molecule has 3 N–H and O–H groups in total. The van der Waals surface area contributed by atoms with Crippen molar-refractivity contribution in [2.45, 2.75) is 32.7 Å². The number of benzene rings is 1. The van der Waals surface area contributed by atoms with Crippen molar-refractivity contribution in [2.75, 3.05) is 18.5 Å². The highest BCUT2D eigenvalue weighted by molar-refractivity contribution is 5.99. The quantitative estimate of drug-likeness (QED) is 0.716. The van der Waals surface area contributed by atoms with Crippen LogP contribution in [0.4, 0.5) is 5.69 Å². The Morgan fingerprint density at radius 2 is 2.00 bits per heavy atom. The van der Waals surface area contributed by atoms with Crippen LogP contribution in [0.25, 0.3) is 16.8 Å². The third kappa shape index (κ3) is 3.27. The van der Waals surface area contributed by atoms with Gasteiger partial charge in [0.05, 0.1) is 16.9 Å². The lowest BCUT2D eigenvalue weighted by Crippen LogP contribution is -2.29. The largest absolute Gasteiger partial charge is 0.443 e. The van der Waals surface area contributed by atoms with Crippen LogP contribution in [-0.4, -0.2) is 34.9 Å². The summed E-state index contributed by atoms with van der Waals surface area (Å²) in [5.41, 5.74) is 8.10. The van der Waals surface area contributed by atoms with Crippen LogP contribution in [0.2, 0.25) is 0 Å². The van der Waals surface area contributed by atoms with Crippen LogP contribution in [0.5, 0.6) is 0 Å². The molecule has 1 aliphatic rings. The van der Waals surface area contributed by atoms with Gasteiger partial charge in [0.2, 0.25) is 5.71 Å². The van der Waals surface area contributed by atoms with Crippen LogP contribution < -0.4 is 16.5 Å². The zero-order valence-electron chi connectivity index (χ0n) is 15.8. The maximum Gasteiger partial charge on any atom is 0.250 e. The van der Waals surface area contributed by atoms with Crippen LogP contribution in [0.15, 0.2) is 33.5 Å². The van der Waals surface area contributed by atoms with Gasteiger partial charge in [-0.2, -0.15) is 9.78 Å². The minimum atomic E-state index is -0.509. The monoisotopic (exact) mass is 382 g/mol. The van der Waals surface area contributed by atoms with Crippen molar-refractivity contribution in [3.8, 4) is 5.69 Å². The number of hydrogen-bond acceptors (Lipinski definition) is 6. The second-order valence-corrected chi connectivity index (χ2v) is 7.02. The normalized spacial score (nSPS) is 15.1. The smallest absolute Gasteiger partial charge is 0.250 e. The number of amides is 1. The number of nitrogens with one attached hydrogen (secondary N) is 1. The van der Waals surface area contributed by atoms with E-state index in [0.717, 1.165) is 12.8 Å². The Labute approximate surface area is 161 Å². The zero-order valence-corrected chi connectivity index (χ0v) is 15.8. The second kappa shape index (κ2) is 7.12. The molecule has 0 spiro atoms. The molecule has 8 heteroatoms. The van der Waals surface area contributed by atoms with Gasteiger partial charge >= 0.3 is 0 Å². The van der Waals surface area contributed by atoms with Crippen LogP contribution in [0, 0.1) is 13.8 Å². The van der Waals surface area contributed by atoms with Gasteiger partial charge in [0.1, 0.15) is 11.1 Å². The predicted molar refractivity (Wildman–Crippen MR) is 105 cm³/mol. The maximum absolute atomic E-state index is 12.3. The second-order valence-electron chi connectivity index (χ2n) is 7.02. The molecule has 0 unspecified atom stereocenters. The number of carbonyl (C=O) groups excluding carboxylic acids is 1. The van der Waals surface area contributed by atoms with Gasteiger partial charge in [0.15, 0.2) is 5.43 Å². The van der Waals surface area contributed by atoms with Crippen LogP contribution in [0.3, 0.4) is 0 Å². The Balaban J connectivity index is 1.82. The van der Waals surface area contributed by atoms with Crippen molar-refractivity contribution >= 4 is 22.7 Å². The topological polar surface area (TPSA) is 112 Å². The third-order valence-electron chi connectivity index (χ3n) is 4.95. The van der Waals surface area contributed by atoms with E-state index < -0.39 is 5.91 Å². The number of aryl methyl sites for hydroxylation is 2. The van der Waals surface area contributed by atoms with Crippen molar-refractivity contribution < 1.29 is 13.9 Å². The summed E-state index contributed by atoms with van der Waals surface area (Å²) in [7, 11) is 0. The zero-order chi connectivity index (χ0) is 19.8. The summed E-state index contributed by atoms with van der Waals surface area (Å²) in [6, 6.07) is 6.86. The number of primary amides is 1. The van der Waals surface area contributed by atoms with Crippen molar-refractivity contribution in [3.63, 3.8) is 0 Å². The molecule has 1 aliphatic heterocycles. The number of fused-ring (bicyclic) bond motifs is 1. The van der Waals surface area contributed by atoms with E-state index in [-0.39, 0.29) is 11.5 Å². The SMILES string of the molecule is Cc1cc(=O)c2c(C)nn(-c3ccc(C(N)=O)c(NC4CCOCC4)c3)c2o1. The van der Waals surface area contributed by atoms with E-state index in [4.69, 9.17) is 14.9 Å². The molecule has 1 amide bonds. The van der Waals surface area contributed by atoms with Gasteiger partial charge in [-0.3, -0.25) is 9.59 Å². The molecule has 8 nitrogen and oxygen atoms in total. The first-order valence-corrected chi connectivity index (χ1v) is 9.22. The van der Waals surface area contributed by atoms with E-state index in [1.807, 2.05) is 6.07 Å². The highest BCUT2D eigenvalue weighted by atomic mass is 16.5. The van der Waals surface area contributed by atoms with E-state index in [9.17, 15) is 9.59 Å². The fourth-order valence-electron chi connectivity index (χ4n) is 3.56. The van der Waals surface area contributed by atoms with Gasteiger partial charge in [0.25, 0.3) is 5.91 Å². The average Bonchev–Trinajstić information content (AvgIpc) is 2.99. The van der Waals surface area contributed by atoms with E-state index in [0.29, 0.717) is 52.7 Å². The molecule has 3 heterocycles. The predicted octanol–water partition coefficient (Wildman–Crippen LogP) is 2.29. The fraction of sp³-hybridized carbons (Fsp3) is 0.350. The van der Waals surface area contributed by atoms with Gasteiger partial charge in [-0.15, -0.1) is 0 Å². The molecule has 0 radical (unpaired) electrons. The molecule has 0 atom stereocenters. The first-order valence-electron chi connectivity index (χ1n) is 9.22. The van der Waals surface area contributed by atoms with Gasteiger partial charge in [-0.25, -0.2) is 0 Å². The molecule has 4 rings (SSSR count). The summed E-state index contributed by atoms with van der Waals surface area (Å²) in [4.78, 5) is 24.2. The Hall–Kier alpha value is -3.13. The summed E-state index contributed by atoms with van der Waals surface area (Å²) < 4.78 is 12.8. The molecule has 2 aromatic heterocycles. The summed E-state index contributed by atoms with van der Waals surface area (Å²) in [5, 5.41) is 8.34. The number of ether oxygens (including phenoxy) is 1. The number of nitrogens with zero attached hydrogens (tertiary/aromatic N) is 2. The lowest BCUT2D eigenvalue weighted by Gasteiger charge is -2.25. The molecule has 1 saturated heterocycles. The van der Waals surface area contributed by atoms with E-state index in [1.54, 1.807) is 30.7 Å². The van der Waals surface area contributed by atoms with Gasteiger partial charge in [-0.1, -0.05) is 0 Å². The van der Waals surface area contributed by atoms with Crippen LogP contribution >= 0.6 is 0 Å². The van der Waals surface area contributed by atoms with E-state index in [2.05, 4.69) is 10.4 Å². The summed E-state index contributed by atoms with van der Waals surface area (Å²) in [6.07, 6.45) is 1.70. The number of anilines is 1. The molecule has 1 fully saturated rings. The minimum absolute atomic E-state index is 0.128. The standard InChI is InChI=1S/C20H22N4O4/c1-11-9-17(25)18-12(2)23-24(20(18)28-11)14-3-4-15(19(21)26)16(10-14)22-13-5-7-27-8-6-13/h3-4,9-10,13,22H,5-8H2,1-2H3,(H2,21,26). The molecular formula is C20H22N4O4. The van der Waals surface area contributed by atoms with Crippen LogP contribution in [0.1, 0.15) is 34.7 Å². The summed E-state index contributed by atoms with van der Waals surface area (Å²) in [6.45, 7) is 4.85. The summed E-state index contributed by atoms with van der Waals surface area (Å²) >= 11 is 0. The first kappa shape index (κ1) is 18.2. The van der Waals surface area contributed by atoms with Gasteiger partial charge in [-0.05, 0) is 44.9 Å². The molecule has 0 aliphatic carbocycles. The van der Waals surface area contributed by atoms with E-state index >= 15 is 0 Å². The number of nitrogens with two attached hydrogens (primary N) is 1. The molecule has 28 heavy (non-hydrogen) atoms. The fourth-order valence-corrected chi connectivity index (χ4v) is 3.56. The average molecular weight is 382 g/mol. The third-order valence-corrected chi connectivity index (χ3v) is 4.95. The number of carbonyl (C=O) groups is 1.